The van der Waals surface area contributed by atoms with Gasteiger partial charge in [-0.1, -0.05) is 29.8 Å². The van der Waals surface area contributed by atoms with Crippen molar-refractivity contribution in [1.29, 1.82) is 0 Å². The van der Waals surface area contributed by atoms with E-state index in [4.69, 9.17) is 4.74 Å². The summed E-state index contributed by atoms with van der Waals surface area (Å²) in [5.74, 6) is 0.553. The second-order valence-electron chi connectivity index (χ2n) is 6.39. The van der Waals surface area contributed by atoms with E-state index in [0.717, 1.165) is 24.2 Å². The van der Waals surface area contributed by atoms with E-state index in [-0.39, 0.29) is 5.69 Å². The summed E-state index contributed by atoms with van der Waals surface area (Å²) in [5.41, 5.74) is 3.26. The van der Waals surface area contributed by atoms with Gasteiger partial charge in [-0.25, -0.2) is 9.97 Å². The molecule has 3 aromatic rings. The number of pyridine rings is 1. The molecule has 2 aromatic heterocycles. The van der Waals surface area contributed by atoms with E-state index in [1.807, 2.05) is 36.1 Å². The first-order chi connectivity index (χ1) is 13.2. The normalized spacial score (nSPS) is 14.2. The molecule has 0 unspecified atom stereocenters. The average molecular weight is 365 g/mol. The fraction of sp³-hybridized carbons (Fsp3) is 0.250. The molecule has 0 atom stereocenters. The molecule has 6 nitrogen and oxygen atoms in total. The van der Waals surface area contributed by atoms with E-state index in [9.17, 15) is 4.39 Å². The molecule has 0 aliphatic carbocycles. The van der Waals surface area contributed by atoms with Crippen LogP contribution in [0.4, 0.5) is 21.8 Å². The predicted octanol–water partition coefficient (Wildman–Crippen LogP) is 3.57. The molecule has 7 heteroatoms. The largest absolute Gasteiger partial charge is 0.378 e. The van der Waals surface area contributed by atoms with Gasteiger partial charge in [0.25, 0.3) is 0 Å². The van der Waals surface area contributed by atoms with Crippen LogP contribution in [-0.2, 0) is 4.74 Å². The Balaban J connectivity index is 1.58. The first-order valence-corrected chi connectivity index (χ1v) is 8.84. The fourth-order valence-electron chi connectivity index (χ4n) is 2.91. The van der Waals surface area contributed by atoms with Crippen LogP contribution < -0.4 is 10.2 Å². The highest BCUT2D eigenvalue weighted by Crippen LogP contribution is 2.26. The van der Waals surface area contributed by atoms with Gasteiger partial charge in [0, 0.05) is 31.0 Å². The maximum Gasteiger partial charge on any atom is 0.236 e. The molecular formula is C20H20FN5O. The third kappa shape index (κ3) is 4.03. The number of benzene rings is 1. The van der Waals surface area contributed by atoms with Crippen LogP contribution in [0.5, 0.6) is 0 Å². The quantitative estimate of drug-likeness (QED) is 0.713. The van der Waals surface area contributed by atoms with Gasteiger partial charge in [0.15, 0.2) is 0 Å². The van der Waals surface area contributed by atoms with E-state index in [0.29, 0.717) is 25.0 Å². The van der Waals surface area contributed by atoms with Gasteiger partial charge in [0.2, 0.25) is 11.9 Å². The van der Waals surface area contributed by atoms with Crippen molar-refractivity contribution in [2.75, 3.05) is 36.5 Å². The van der Waals surface area contributed by atoms with Gasteiger partial charge in [-0.05, 0) is 24.6 Å². The highest BCUT2D eigenvalue weighted by molar-refractivity contribution is 5.69. The van der Waals surface area contributed by atoms with Crippen LogP contribution in [0, 0.1) is 12.9 Å². The SMILES string of the molecule is Cc1ccc(-c2cnc(F)c(Nc3ccnc(N4CCOCC4)n3)c2)cc1. The molecule has 1 N–H and O–H groups in total. The van der Waals surface area contributed by atoms with E-state index in [1.54, 1.807) is 18.3 Å². The van der Waals surface area contributed by atoms with E-state index >= 15 is 0 Å². The summed E-state index contributed by atoms with van der Waals surface area (Å²) in [4.78, 5) is 14.7. The van der Waals surface area contributed by atoms with Crippen molar-refractivity contribution < 1.29 is 9.13 Å². The molecule has 0 spiro atoms. The number of morpholine rings is 1. The van der Waals surface area contributed by atoms with Crippen LogP contribution in [0.3, 0.4) is 0 Å². The lowest BCUT2D eigenvalue weighted by atomic mass is 10.1. The van der Waals surface area contributed by atoms with Crippen LogP contribution in [0.15, 0.2) is 48.8 Å². The molecule has 1 aliphatic heterocycles. The first-order valence-electron chi connectivity index (χ1n) is 8.84. The van der Waals surface area contributed by atoms with Gasteiger partial charge in [-0.15, -0.1) is 0 Å². The Kier molecular flexibility index (Phi) is 4.93. The monoisotopic (exact) mass is 365 g/mol. The summed E-state index contributed by atoms with van der Waals surface area (Å²) >= 11 is 0. The third-order valence-corrected chi connectivity index (χ3v) is 4.42. The number of nitrogens with one attached hydrogen (secondary N) is 1. The lowest BCUT2D eigenvalue weighted by Crippen LogP contribution is -2.37. The standard InChI is InChI=1S/C20H20FN5O/c1-14-2-4-15(5-3-14)16-12-17(19(21)23-13-16)24-18-6-7-22-20(25-18)26-8-10-27-11-9-26/h2-7,12-13H,8-11H2,1H3,(H,22,24,25). The molecule has 27 heavy (non-hydrogen) atoms. The summed E-state index contributed by atoms with van der Waals surface area (Å²) in [6.45, 7) is 4.81. The van der Waals surface area contributed by atoms with Crippen molar-refractivity contribution in [2.45, 2.75) is 6.92 Å². The minimum Gasteiger partial charge on any atom is -0.378 e. The Morgan fingerprint density at radius 1 is 1.04 bits per heavy atom. The smallest absolute Gasteiger partial charge is 0.236 e. The zero-order valence-electron chi connectivity index (χ0n) is 15.0. The van der Waals surface area contributed by atoms with Crippen LogP contribution in [0.2, 0.25) is 0 Å². The maximum atomic E-state index is 14.2. The Labute approximate surface area is 157 Å². The van der Waals surface area contributed by atoms with Gasteiger partial charge < -0.3 is 15.0 Å². The van der Waals surface area contributed by atoms with Gasteiger partial charge in [-0.3, -0.25) is 0 Å². The molecule has 1 aromatic carbocycles. The van der Waals surface area contributed by atoms with Crippen molar-refractivity contribution in [2.24, 2.45) is 0 Å². The summed E-state index contributed by atoms with van der Waals surface area (Å²) in [6.07, 6.45) is 3.19. The molecule has 138 valence electrons. The van der Waals surface area contributed by atoms with Gasteiger partial charge >= 0.3 is 0 Å². The summed E-state index contributed by atoms with van der Waals surface area (Å²) in [7, 11) is 0. The van der Waals surface area contributed by atoms with E-state index in [1.165, 1.54) is 11.8 Å². The van der Waals surface area contributed by atoms with Crippen molar-refractivity contribution in [3.05, 3.63) is 60.3 Å². The number of halogens is 1. The number of nitrogens with zero attached hydrogens (tertiary/aromatic N) is 4. The summed E-state index contributed by atoms with van der Waals surface area (Å²) in [5, 5.41) is 3.03. The average Bonchev–Trinajstić information content (AvgIpc) is 2.71. The third-order valence-electron chi connectivity index (χ3n) is 4.42. The van der Waals surface area contributed by atoms with E-state index in [2.05, 4.69) is 20.3 Å². The number of hydrogen-bond donors (Lipinski definition) is 1. The zero-order chi connectivity index (χ0) is 18.6. The highest BCUT2D eigenvalue weighted by atomic mass is 19.1. The second kappa shape index (κ2) is 7.67. The van der Waals surface area contributed by atoms with Crippen LogP contribution >= 0.6 is 0 Å². The van der Waals surface area contributed by atoms with Crippen molar-refractivity contribution in [1.82, 2.24) is 15.0 Å². The Bertz CT molecular complexity index is 926. The maximum absolute atomic E-state index is 14.2. The van der Waals surface area contributed by atoms with Gasteiger partial charge in [0.05, 0.1) is 18.9 Å². The van der Waals surface area contributed by atoms with Gasteiger partial charge in [-0.2, -0.15) is 9.37 Å². The number of aromatic nitrogens is 3. The molecule has 0 radical (unpaired) electrons. The van der Waals surface area contributed by atoms with Crippen molar-refractivity contribution >= 4 is 17.5 Å². The molecule has 0 amide bonds. The second-order valence-corrected chi connectivity index (χ2v) is 6.39. The number of hydrogen-bond acceptors (Lipinski definition) is 6. The molecule has 0 saturated carbocycles. The lowest BCUT2D eigenvalue weighted by Gasteiger charge is -2.26. The fourth-order valence-corrected chi connectivity index (χ4v) is 2.91. The van der Waals surface area contributed by atoms with E-state index < -0.39 is 5.95 Å². The molecule has 3 heterocycles. The topological polar surface area (TPSA) is 63.2 Å². The number of rotatable bonds is 4. The van der Waals surface area contributed by atoms with Crippen molar-refractivity contribution in [3.8, 4) is 11.1 Å². The molecule has 1 fully saturated rings. The number of aryl methyl sites for hydroxylation is 1. The summed E-state index contributed by atoms with van der Waals surface area (Å²) < 4.78 is 19.6. The Morgan fingerprint density at radius 2 is 1.81 bits per heavy atom. The first kappa shape index (κ1) is 17.4. The van der Waals surface area contributed by atoms with Crippen molar-refractivity contribution in [3.63, 3.8) is 0 Å². The minimum atomic E-state index is -0.572. The molecular weight excluding hydrogens is 345 g/mol. The van der Waals surface area contributed by atoms with Crippen LogP contribution in [0.1, 0.15) is 5.56 Å². The van der Waals surface area contributed by atoms with Gasteiger partial charge in [0.1, 0.15) is 5.82 Å². The highest BCUT2D eigenvalue weighted by Gasteiger charge is 2.15. The zero-order valence-corrected chi connectivity index (χ0v) is 15.0. The minimum absolute atomic E-state index is 0.278. The Morgan fingerprint density at radius 3 is 2.59 bits per heavy atom. The van der Waals surface area contributed by atoms with Crippen LogP contribution in [0.25, 0.3) is 11.1 Å². The molecule has 0 bridgehead atoms. The molecule has 1 aliphatic rings. The number of ether oxygens (including phenoxy) is 1. The lowest BCUT2D eigenvalue weighted by molar-refractivity contribution is 0.122. The Hall–Kier alpha value is -3.06. The molecule has 1 saturated heterocycles. The van der Waals surface area contributed by atoms with Crippen LogP contribution in [-0.4, -0.2) is 41.3 Å². The summed E-state index contributed by atoms with van der Waals surface area (Å²) in [6, 6.07) is 11.5. The molecule has 4 rings (SSSR count). The predicted molar refractivity (Wildman–Crippen MR) is 103 cm³/mol. The number of anilines is 3.